The highest BCUT2D eigenvalue weighted by Crippen LogP contribution is 2.33. The molecular weight excluding hydrogens is 423 g/mol. The summed E-state index contributed by atoms with van der Waals surface area (Å²) >= 11 is 5.92. The minimum Gasteiger partial charge on any atom is -0.507 e. The average molecular weight is 445 g/mol. The first kappa shape index (κ1) is 22.3. The molecule has 2 aromatic carbocycles. The lowest BCUT2D eigenvalue weighted by Gasteiger charge is -2.14. The SMILES string of the molecule is CC(CO)NC(=O)c1ccc(-c2cc(Nc3ccc(Cl)cc3CF)ccc2O)nc1N. The maximum absolute atomic E-state index is 13.3. The van der Waals surface area contributed by atoms with E-state index < -0.39 is 18.6 Å². The summed E-state index contributed by atoms with van der Waals surface area (Å²) in [5.74, 6) is -0.514. The summed E-state index contributed by atoms with van der Waals surface area (Å²) in [6, 6.07) is 12.2. The van der Waals surface area contributed by atoms with Crippen molar-refractivity contribution in [3.05, 3.63) is 64.7 Å². The van der Waals surface area contributed by atoms with Gasteiger partial charge in [-0.25, -0.2) is 9.37 Å². The number of aliphatic hydroxyl groups excluding tert-OH is 1. The van der Waals surface area contributed by atoms with E-state index in [1.165, 1.54) is 18.2 Å². The molecule has 0 radical (unpaired) electrons. The maximum atomic E-state index is 13.3. The standard InChI is InChI=1S/C22H22ClFN4O3/c1-12(11-29)26-22(31)16-4-6-19(28-21(16)25)17-9-15(3-7-20(17)30)27-18-5-2-14(23)8-13(18)10-24/h2-9,12,27,29-30H,10-11H2,1H3,(H2,25,28)(H,26,31). The number of nitrogens with one attached hydrogen (secondary N) is 2. The number of phenols is 1. The Kier molecular flexibility index (Phi) is 6.94. The second kappa shape index (κ2) is 9.63. The zero-order valence-corrected chi connectivity index (χ0v) is 17.4. The number of carbonyl (C=O) groups is 1. The number of alkyl halides is 1. The predicted octanol–water partition coefficient (Wildman–Crippen LogP) is 4.01. The van der Waals surface area contributed by atoms with Gasteiger partial charge >= 0.3 is 0 Å². The number of nitrogen functional groups attached to an aromatic ring is 1. The molecule has 1 aromatic heterocycles. The van der Waals surface area contributed by atoms with Crippen LogP contribution < -0.4 is 16.4 Å². The van der Waals surface area contributed by atoms with Gasteiger partial charge in [-0.1, -0.05) is 11.6 Å². The molecule has 0 fully saturated rings. The van der Waals surface area contributed by atoms with Crippen LogP contribution in [0.5, 0.6) is 5.75 Å². The van der Waals surface area contributed by atoms with E-state index in [9.17, 15) is 14.3 Å². The summed E-state index contributed by atoms with van der Waals surface area (Å²) in [7, 11) is 0. The number of aromatic nitrogens is 1. The molecule has 0 bridgehead atoms. The summed E-state index contributed by atoms with van der Waals surface area (Å²) in [5.41, 5.74) is 8.37. The van der Waals surface area contributed by atoms with Gasteiger partial charge in [0, 0.05) is 33.6 Å². The van der Waals surface area contributed by atoms with Gasteiger partial charge in [-0.05, 0) is 55.5 Å². The van der Waals surface area contributed by atoms with Crippen LogP contribution in [-0.2, 0) is 6.67 Å². The Morgan fingerprint density at radius 1 is 1.23 bits per heavy atom. The summed E-state index contributed by atoms with van der Waals surface area (Å²) in [6.45, 7) is 0.758. The smallest absolute Gasteiger partial charge is 0.255 e. The quantitative estimate of drug-likeness (QED) is 0.351. The zero-order chi connectivity index (χ0) is 22.5. The predicted molar refractivity (Wildman–Crippen MR) is 119 cm³/mol. The van der Waals surface area contributed by atoms with Gasteiger partial charge < -0.3 is 26.6 Å². The maximum Gasteiger partial charge on any atom is 0.255 e. The minimum atomic E-state index is -0.690. The second-order valence-electron chi connectivity index (χ2n) is 6.98. The van der Waals surface area contributed by atoms with E-state index in [-0.39, 0.29) is 23.7 Å². The molecule has 162 valence electrons. The Hall–Kier alpha value is -3.36. The molecule has 3 rings (SSSR count). The first-order valence-corrected chi connectivity index (χ1v) is 9.83. The van der Waals surface area contributed by atoms with Crippen molar-refractivity contribution < 1.29 is 19.4 Å². The molecule has 1 heterocycles. The van der Waals surface area contributed by atoms with Gasteiger partial charge in [0.2, 0.25) is 0 Å². The number of nitrogens with zero attached hydrogens (tertiary/aromatic N) is 1. The number of aromatic hydroxyl groups is 1. The minimum absolute atomic E-state index is 0.0182. The Bertz CT molecular complexity index is 1110. The zero-order valence-electron chi connectivity index (χ0n) is 16.7. The van der Waals surface area contributed by atoms with Crippen LogP contribution in [-0.4, -0.2) is 33.8 Å². The fraction of sp³-hybridized carbons (Fsp3) is 0.182. The Balaban J connectivity index is 1.90. The van der Waals surface area contributed by atoms with E-state index in [0.717, 1.165) is 0 Å². The number of benzene rings is 2. The number of anilines is 3. The molecular formula is C22H22ClFN4O3. The highest BCUT2D eigenvalue weighted by Gasteiger charge is 2.16. The molecule has 0 saturated carbocycles. The molecule has 0 aliphatic rings. The third kappa shape index (κ3) is 5.22. The van der Waals surface area contributed by atoms with Gasteiger partial charge in [0.05, 0.1) is 17.9 Å². The van der Waals surface area contributed by atoms with Crippen molar-refractivity contribution in [3.8, 4) is 17.0 Å². The van der Waals surface area contributed by atoms with Gasteiger partial charge in [-0.2, -0.15) is 0 Å². The molecule has 6 N–H and O–H groups in total. The number of halogens is 2. The molecule has 1 unspecified atom stereocenters. The van der Waals surface area contributed by atoms with E-state index >= 15 is 0 Å². The van der Waals surface area contributed by atoms with E-state index in [1.54, 1.807) is 37.3 Å². The van der Waals surface area contributed by atoms with Gasteiger partial charge in [-0.15, -0.1) is 0 Å². The molecule has 0 aliphatic heterocycles. The van der Waals surface area contributed by atoms with Crippen molar-refractivity contribution in [1.29, 1.82) is 0 Å². The number of hydrogen-bond acceptors (Lipinski definition) is 6. The molecule has 3 aromatic rings. The molecule has 7 nitrogen and oxygen atoms in total. The molecule has 0 spiro atoms. The normalized spacial score (nSPS) is 11.7. The average Bonchev–Trinajstić information content (AvgIpc) is 2.75. The molecule has 0 saturated heterocycles. The first-order valence-electron chi connectivity index (χ1n) is 9.45. The number of hydrogen-bond donors (Lipinski definition) is 5. The summed E-state index contributed by atoms with van der Waals surface area (Å²) in [5, 5.41) is 25.5. The number of amides is 1. The number of rotatable bonds is 7. The van der Waals surface area contributed by atoms with Crippen molar-refractivity contribution in [1.82, 2.24) is 10.3 Å². The number of phenolic OH excluding ortho intramolecular Hbond substituents is 1. The topological polar surface area (TPSA) is 120 Å². The fourth-order valence-corrected chi connectivity index (χ4v) is 3.13. The summed E-state index contributed by atoms with van der Waals surface area (Å²) in [4.78, 5) is 16.5. The Labute approximate surface area is 183 Å². The summed E-state index contributed by atoms with van der Waals surface area (Å²) < 4.78 is 13.3. The van der Waals surface area contributed by atoms with Crippen LogP contribution in [0.15, 0.2) is 48.5 Å². The third-order valence-corrected chi connectivity index (χ3v) is 4.82. The molecule has 31 heavy (non-hydrogen) atoms. The lowest BCUT2D eigenvalue weighted by Crippen LogP contribution is -2.35. The number of pyridine rings is 1. The molecule has 1 amide bonds. The van der Waals surface area contributed by atoms with Crippen LogP contribution in [0.4, 0.5) is 21.6 Å². The second-order valence-corrected chi connectivity index (χ2v) is 7.41. The van der Waals surface area contributed by atoms with Gasteiger partial charge in [0.15, 0.2) is 0 Å². The van der Waals surface area contributed by atoms with Gasteiger partial charge in [-0.3, -0.25) is 4.79 Å². The molecule has 9 heteroatoms. The van der Waals surface area contributed by atoms with E-state index in [0.29, 0.717) is 33.2 Å². The highest BCUT2D eigenvalue weighted by molar-refractivity contribution is 6.30. The van der Waals surface area contributed by atoms with E-state index in [2.05, 4.69) is 15.6 Å². The van der Waals surface area contributed by atoms with Crippen molar-refractivity contribution >= 4 is 34.7 Å². The number of carbonyl (C=O) groups excluding carboxylic acids is 1. The first-order chi connectivity index (χ1) is 14.8. The van der Waals surface area contributed by atoms with E-state index in [4.69, 9.17) is 22.4 Å². The van der Waals surface area contributed by atoms with Gasteiger partial charge in [0.25, 0.3) is 5.91 Å². The highest BCUT2D eigenvalue weighted by atomic mass is 35.5. The number of nitrogens with two attached hydrogens (primary N) is 1. The van der Waals surface area contributed by atoms with Crippen molar-refractivity contribution in [2.75, 3.05) is 17.7 Å². The third-order valence-electron chi connectivity index (χ3n) is 4.58. The summed E-state index contributed by atoms with van der Waals surface area (Å²) in [6.07, 6.45) is 0. The van der Waals surface area contributed by atoms with E-state index in [1.807, 2.05) is 0 Å². The lowest BCUT2D eigenvalue weighted by atomic mass is 10.1. The van der Waals surface area contributed by atoms with Crippen molar-refractivity contribution in [2.24, 2.45) is 0 Å². The van der Waals surface area contributed by atoms with Crippen LogP contribution in [0.1, 0.15) is 22.8 Å². The Morgan fingerprint density at radius 2 is 2.00 bits per heavy atom. The van der Waals surface area contributed by atoms with Crippen LogP contribution in [0.2, 0.25) is 5.02 Å². The van der Waals surface area contributed by atoms with Crippen LogP contribution in [0, 0.1) is 0 Å². The fourth-order valence-electron chi connectivity index (χ4n) is 2.93. The number of aliphatic hydroxyl groups is 1. The van der Waals surface area contributed by atoms with Crippen LogP contribution >= 0.6 is 11.6 Å². The Morgan fingerprint density at radius 3 is 2.68 bits per heavy atom. The van der Waals surface area contributed by atoms with Gasteiger partial charge in [0.1, 0.15) is 18.2 Å². The molecule has 0 aliphatic carbocycles. The van der Waals surface area contributed by atoms with Crippen molar-refractivity contribution in [2.45, 2.75) is 19.6 Å². The van der Waals surface area contributed by atoms with Crippen molar-refractivity contribution in [3.63, 3.8) is 0 Å². The monoisotopic (exact) mass is 444 g/mol. The molecule has 1 atom stereocenters. The van der Waals surface area contributed by atoms with Crippen LogP contribution in [0.3, 0.4) is 0 Å². The largest absolute Gasteiger partial charge is 0.507 e. The van der Waals surface area contributed by atoms with Crippen LogP contribution in [0.25, 0.3) is 11.3 Å². The lowest BCUT2D eigenvalue weighted by molar-refractivity contribution is 0.0923.